The van der Waals surface area contributed by atoms with Crippen molar-refractivity contribution in [3.8, 4) is 0 Å². The largest absolute Gasteiger partial charge is 0.425 e. The standard InChI is InChI=1S/C8H20O2Si2/c1-2-3-4-7-10-12-8-5-6-9-11-12/h12H,2-8,11H2,1H3. The zero-order valence-electron chi connectivity index (χ0n) is 8.05. The third-order valence-corrected chi connectivity index (χ3v) is 8.63. The molecule has 1 fully saturated rings. The Morgan fingerprint density at radius 1 is 1.50 bits per heavy atom. The third kappa shape index (κ3) is 4.40. The topological polar surface area (TPSA) is 18.5 Å². The van der Waals surface area contributed by atoms with E-state index in [2.05, 4.69) is 6.92 Å². The third-order valence-electron chi connectivity index (χ3n) is 2.22. The van der Waals surface area contributed by atoms with E-state index in [0.29, 0.717) is 0 Å². The molecular weight excluding hydrogens is 184 g/mol. The molecule has 0 amide bonds. The Morgan fingerprint density at radius 3 is 3.08 bits per heavy atom. The summed E-state index contributed by atoms with van der Waals surface area (Å²) in [4.78, 5) is 0. The Morgan fingerprint density at radius 2 is 2.42 bits per heavy atom. The van der Waals surface area contributed by atoms with Gasteiger partial charge < -0.3 is 8.85 Å². The lowest BCUT2D eigenvalue weighted by atomic mass is 10.3. The second-order valence-electron chi connectivity index (χ2n) is 3.42. The SMILES string of the molecule is CCCCCO[SiH]1CCCO[SiH2]1. The van der Waals surface area contributed by atoms with E-state index in [1.807, 2.05) is 0 Å². The van der Waals surface area contributed by atoms with Crippen LogP contribution in [0, 0.1) is 0 Å². The monoisotopic (exact) mass is 204 g/mol. The van der Waals surface area contributed by atoms with Crippen LogP contribution in [0.15, 0.2) is 0 Å². The lowest BCUT2D eigenvalue weighted by molar-refractivity contribution is 0.283. The van der Waals surface area contributed by atoms with Crippen molar-refractivity contribution in [3.05, 3.63) is 0 Å². The summed E-state index contributed by atoms with van der Waals surface area (Å²) < 4.78 is 11.4. The maximum absolute atomic E-state index is 5.86. The van der Waals surface area contributed by atoms with E-state index in [9.17, 15) is 0 Å². The molecule has 0 aromatic carbocycles. The van der Waals surface area contributed by atoms with Gasteiger partial charge in [-0.1, -0.05) is 19.8 Å². The molecule has 0 spiro atoms. The summed E-state index contributed by atoms with van der Waals surface area (Å²) in [5, 5.41) is 0. The number of unbranched alkanes of at least 4 members (excludes halogenated alkanes) is 2. The highest BCUT2D eigenvalue weighted by atomic mass is 29.2. The molecule has 0 aliphatic carbocycles. The van der Waals surface area contributed by atoms with Gasteiger partial charge in [-0.15, -0.1) is 0 Å². The first-order valence-electron chi connectivity index (χ1n) is 5.13. The molecular formula is C8H20O2Si2. The number of hydrogen-bond donors (Lipinski definition) is 0. The molecule has 1 heterocycles. The van der Waals surface area contributed by atoms with E-state index in [-0.39, 0.29) is 9.28 Å². The maximum atomic E-state index is 5.86. The van der Waals surface area contributed by atoms with Gasteiger partial charge in [0, 0.05) is 13.2 Å². The summed E-state index contributed by atoms with van der Waals surface area (Å²) in [5.74, 6) is 0. The van der Waals surface area contributed by atoms with Crippen LogP contribution in [-0.4, -0.2) is 31.1 Å². The molecule has 1 unspecified atom stereocenters. The molecule has 0 aromatic rings. The van der Waals surface area contributed by atoms with Crippen LogP contribution in [0.25, 0.3) is 0 Å². The number of rotatable bonds is 5. The second-order valence-corrected chi connectivity index (χ2v) is 10.0. The first-order chi connectivity index (χ1) is 5.93. The fraction of sp³-hybridized carbons (Fsp3) is 1.00. The van der Waals surface area contributed by atoms with E-state index in [0.717, 1.165) is 13.2 Å². The molecule has 72 valence electrons. The fourth-order valence-corrected chi connectivity index (χ4v) is 7.07. The molecule has 1 saturated heterocycles. The average Bonchev–Trinajstić information content (AvgIpc) is 2.14. The highest BCUT2D eigenvalue weighted by molar-refractivity contribution is 7.06. The molecule has 0 radical (unpaired) electrons. The molecule has 0 aromatic heterocycles. The van der Waals surface area contributed by atoms with Gasteiger partial charge in [0.15, 0.2) is 17.8 Å². The molecule has 1 aliphatic rings. The van der Waals surface area contributed by atoms with Gasteiger partial charge in [0.1, 0.15) is 0 Å². The van der Waals surface area contributed by atoms with Crippen molar-refractivity contribution < 1.29 is 8.85 Å². The van der Waals surface area contributed by atoms with Gasteiger partial charge in [-0.05, 0) is 18.9 Å². The minimum absolute atomic E-state index is 0.195. The Bertz CT molecular complexity index is 105. The van der Waals surface area contributed by atoms with E-state index in [1.54, 1.807) is 0 Å². The summed E-state index contributed by atoms with van der Waals surface area (Å²) in [6.07, 6.45) is 5.14. The zero-order chi connectivity index (χ0) is 8.65. The highest BCUT2D eigenvalue weighted by Crippen LogP contribution is 2.06. The Kier molecular flexibility index (Phi) is 5.94. The molecule has 12 heavy (non-hydrogen) atoms. The fourth-order valence-electron chi connectivity index (χ4n) is 1.44. The van der Waals surface area contributed by atoms with Crippen molar-refractivity contribution in [2.75, 3.05) is 13.2 Å². The summed E-state index contributed by atoms with van der Waals surface area (Å²) in [7, 11) is -0.947. The Labute approximate surface area is 79.1 Å². The highest BCUT2D eigenvalue weighted by Gasteiger charge is 2.16. The molecule has 0 N–H and O–H groups in total. The molecule has 2 nitrogen and oxygen atoms in total. The maximum Gasteiger partial charge on any atom is 0.189 e. The van der Waals surface area contributed by atoms with Crippen molar-refractivity contribution in [2.45, 2.75) is 38.7 Å². The predicted octanol–water partition coefficient (Wildman–Crippen LogP) is 0.918. The normalized spacial score (nSPS) is 26.2. The van der Waals surface area contributed by atoms with Crippen molar-refractivity contribution >= 4 is 17.8 Å². The lowest BCUT2D eigenvalue weighted by Crippen LogP contribution is -2.33. The predicted molar refractivity (Wildman–Crippen MR) is 56.5 cm³/mol. The van der Waals surface area contributed by atoms with Crippen LogP contribution in [0.3, 0.4) is 0 Å². The van der Waals surface area contributed by atoms with E-state index >= 15 is 0 Å². The first kappa shape index (κ1) is 10.4. The van der Waals surface area contributed by atoms with Crippen molar-refractivity contribution in [1.82, 2.24) is 0 Å². The van der Waals surface area contributed by atoms with Crippen LogP contribution >= 0.6 is 0 Å². The summed E-state index contributed by atoms with van der Waals surface area (Å²) in [6.45, 7) is 4.27. The van der Waals surface area contributed by atoms with Gasteiger partial charge in [-0.2, -0.15) is 0 Å². The quantitative estimate of drug-likeness (QED) is 0.490. The van der Waals surface area contributed by atoms with Crippen LogP contribution in [0.5, 0.6) is 0 Å². The molecule has 4 heteroatoms. The minimum Gasteiger partial charge on any atom is -0.425 e. The second kappa shape index (κ2) is 6.83. The van der Waals surface area contributed by atoms with Gasteiger partial charge in [0.05, 0.1) is 0 Å². The lowest BCUT2D eigenvalue weighted by Gasteiger charge is -2.20. The van der Waals surface area contributed by atoms with E-state index < -0.39 is 8.56 Å². The van der Waals surface area contributed by atoms with E-state index in [1.165, 1.54) is 31.7 Å². The zero-order valence-corrected chi connectivity index (χ0v) is 10.6. The molecule has 0 bridgehead atoms. The van der Waals surface area contributed by atoms with Crippen molar-refractivity contribution in [1.29, 1.82) is 0 Å². The molecule has 1 rings (SSSR count). The van der Waals surface area contributed by atoms with E-state index in [4.69, 9.17) is 8.85 Å². The van der Waals surface area contributed by atoms with Crippen molar-refractivity contribution in [3.63, 3.8) is 0 Å². The Balaban J connectivity index is 1.91. The van der Waals surface area contributed by atoms with Crippen LogP contribution in [0.1, 0.15) is 32.6 Å². The molecule has 0 saturated carbocycles. The minimum atomic E-state index is -0.752. The summed E-state index contributed by atoms with van der Waals surface area (Å²) >= 11 is 0. The average molecular weight is 204 g/mol. The van der Waals surface area contributed by atoms with Crippen molar-refractivity contribution in [2.24, 2.45) is 0 Å². The van der Waals surface area contributed by atoms with Crippen LogP contribution in [0.4, 0.5) is 0 Å². The summed E-state index contributed by atoms with van der Waals surface area (Å²) in [5.41, 5.74) is 0. The molecule has 1 atom stereocenters. The Hall–Kier alpha value is 0.354. The smallest absolute Gasteiger partial charge is 0.189 e. The summed E-state index contributed by atoms with van der Waals surface area (Å²) in [6, 6.07) is 1.39. The van der Waals surface area contributed by atoms with Gasteiger partial charge in [0.25, 0.3) is 0 Å². The first-order valence-corrected chi connectivity index (χ1v) is 10.3. The van der Waals surface area contributed by atoms with Crippen LogP contribution < -0.4 is 0 Å². The van der Waals surface area contributed by atoms with Gasteiger partial charge in [-0.3, -0.25) is 0 Å². The van der Waals surface area contributed by atoms with Crippen LogP contribution in [0.2, 0.25) is 6.04 Å². The molecule has 1 aliphatic heterocycles. The number of hydrogen-bond acceptors (Lipinski definition) is 2. The van der Waals surface area contributed by atoms with Gasteiger partial charge >= 0.3 is 0 Å². The van der Waals surface area contributed by atoms with Crippen LogP contribution in [-0.2, 0) is 8.85 Å². The van der Waals surface area contributed by atoms with Gasteiger partial charge in [-0.25, -0.2) is 0 Å². The van der Waals surface area contributed by atoms with Gasteiger partial charge in [0.2, 0.25) is 0 Å².